The smallest absolute Gasteiger partial charge is 0.387 e. The fraction of sp³-hybridized carbons (Fsp3) is 0.316. The van der Waals surface area contributed by atoms with E-state index in [1.807, 2.05) is 16.3 Å². The average Bonchev–Trinajstić information content (AvgIpc) is 3.30. The van der Waals surface area contributed by atoms with Crippen molar-refractivity contribution >= 4 is 29.0 Å². The summed E-state index contributed by atoms with van der Waals surface area (Å²) in [4.78, 5) is 14.7. The molecule has 0 atom stereocenters. The van der Waals surface area contributed by atoms with Gasteiger partial charge in [0, 0.05) is 18.2 Å². The van der Waals surface area contributed by atoms with Gasteiger partial charge in [-0.2, -0.15) is 20.1 Å². The van der Waals surface area contributed by atoms with Crippen LogP contribution >= 0.6 is 23.1 Å². The van der Waals surface area contributed by atoms with Gasteiger partial charge in [-0.15, -0.1) is 10.2 Å². The molecule has 0 aliphatic heterocycles. The largest absolute Gasteiger partial charge is 0.435 e. The molecule has 0 radical (unpaired) electrons. The van der Waals surface area contributed by atoms with Gasteiger partial charge in [-0.1, -0.05) is 11.8 Å². The number of hydrogen-bond acceptors (Lipinski definition) is 7. The Balaban J connectivity index is 1.39. The third-order valence-electron chi connectivity index (χ3n) is 4.57. The molecule has 1 amide bonds. The molecule has 11 heteroatoms. The summed E-state index contributed by atoms with van der Waals surface area (Å²) in [7, 11) is 0. The van der Waals surface area contributed by atoms with E-state index in [-0.39, 0.29) is 17.4 Å². The zero-order valence-electron chi connectivity index (χ0n) is 15.8. The lowest BCUT2D eigenvalue weighted by Crippen LogP contribution is -2.34. The minimum Gasteiger partial charge on any atom is -0.435 e. The highest BCUT2D eigenvalue weighted by Gasteiger charge is 2.32. The van der Waals surface area contributed by atoms with E-state index < -0.39 is 6.61 Å². The van der Waals surface area contributed by atoms with E-state index in [9.17, 15) is 13.6 Å². The van der Waals surface area contributed by atoms with Gasteiger partial charge in [-0.05, 0) is 59.5 Å². The SMILES string of the molecule is Nn1c(SCC(=O)N(Cc2ccsc2)C2CC2)nnc1-c1ccc(OC(F)F)cc1. The first-order valence-corrected chi connectivity index (χ1v) is 11.1. The van der Waals surface area contributed by atoms with Crippen molar-refractivity contribution in [3.8, 4) is 17.1 Å². The van der Waals surface area contributed by atoms with Gasteiger partial charge < -0.3 is 15.5 Å². The fourth-order valence-electron chi connectivity index (χ4n) is 2.95. The van der Waals surface area contributed by atoms with Gasteiger partial charge in [0.1, 0.15) is 5.75 Å². The quantitative estimate of drug-likeness (QED) is 0.395. The number of amides is 1. The monoisotopic (exact) mass is 451 g/mol. The molecule has 0 saturated heterocycles. The Hall–Kier alpha value is -2.66. The van der Waals surface area contributed by atoms with E-state index in [0.717, 1.165) is 18.4 Å². The van der Waals surface area contributed by atoms with Crippen molar-refractivity contribution in [3.05, 3.63) is 46.7 Å². The summed E-state index contributed by atoms with van der Waals surface area (Å²) >= 11 is 2.84. The molecule has 3 aromatic rings. The molecule has 0 bridgehead atoms. The first kappa shape index (κ1) is 20.6. The molecule has 4 rings (SSSR count). The van der Waals surface area contributed by atoms with Crippen molar-refractivity contribution in [3.63, 3.8) is 0 Å². The van der Waals surface area contributed by atoms with Crippen LogP contribution in [0.3, 0.4) is 0 Å². The number of nitrogens with zero attached hydrogens (tertiary/aromatic N) is 4. The standard InChI is InChI=1S/C19H19F2N5O2S2/c20-18(21)28-15-5-1-13(2-6-15)17-23-24-19(26(17)22)30-11-16(27)25(14-3-4-14)9-12-7-8-29-10-12/h1-2,5-8,10,14,18H,3-4,9,11,22H2. The van der Waals surface area contributed by atoms with E-state index in [1.54, 1.807) is 23.5 Å². The van der Waals surface area contributed by atoms with Gasteiger partial charge in [0.2, 0.25) is 11.1 Å². The molecular weight excluding hydrogens is 432 g/mol. The molecule has 1 fully saturated rings. The number of thioether (sulfide) groups is 1. The minimum absolute atomic E-state index is 0.0340. The summed E-state index contributed by atoms with van der Waals surface area (Å²) in [6, 6.07) is 8.29. The maximum atomic E-state index is 12.8. The first-order chi connectivity index (χ1) is 14.5. The fourth-order valence-corrected chi connectivity index (χ4v) is 4.36. The number of halogens is 2. The third kappa shape index (κ3) is 4.90. The molecule has 1 saturated carbocycles. The average molecular weight is 452 g/mol. The number of aromatic nitrogens is 3. The molecule has 1 aliphatic rings. The summed E-state index contributed by atoms with van der Waals surface area (Å²) in [6.45, 7) is -2.27. The zero-order chi connectivity index (χ0) is 21.1. The van der Waals surface area contributed by atoms with E-state index in [1.165, 1.54) is 28.6 Å². The molecule has 30 heavy (non-hydrogen) atoms. The number of rotatable bonds is 9. The lowest BCUT2D eigenvalue weighted by molar-refractivity contribution is -0.129. The predicted octanol–water partition coefficient (Wildman–Crippen LogP) is 3.61. The number of benzene rings is 1. The maximum Gasteiger partial charge on any atom is 0.387 e. The van der Waals surface area contributed by atoms with Crippen molar-refractivity contribution in [1.82, 2.24) is 19.8 Å². The number of alkyl halides is 2. The Morgan fingerprint density at radius 2 is 2.07 bits per heavy atom. The zero-order valence-corrected chi connectivity index (χ0v) is 17.4. The van der Waals surface area contributed by atoms with Gasteiger partial charge in [0.15, 0.2) is 5.82 Å². The van der Waals surface area contributed by atoms with Crippen LogP contribution in [-0.2, 0) is 11.3 Å². The first-order valence-electron chi connectivity index (χ1n) is 9.20. The number of nitrogens with two attached hydrogens (primary N) is 1. The lowest BCUT2D eigenvalue weighted by Gasteiger charge is -2.21. The number of carbonyl (C=O) groups is 1. The Kier molecular flexibility index (Phi) is 6.18. The van der Waals surface area contributed by atoms with Gasteiger partial charge in [0.05, 0.1) is 5.75 Å². The normalized spacial score (nSPS) is 13.6. The Morgan fingerprint density at radius 3 is 2.70 bits per heavy atom. The Bertz CT molecular complexity index is 991. The summed E-state index contributed by atoms with van der Waals surface area (Å²) < 4.78 is 30.2. The minimum atomic E-state index is -2.88. The van der Waals surface area contributed by atoms with Crippen LogP contribution in [0.25, 0.3) is 11.4 Å². The highest BCUT2D eigenvalue weighted by atomic mass is 32.2. The highest BCUT2D eigenvalue weighted by molar-refractivity contribution is 7.99. The van der Waals surface area contributed by atoms with Crippen molar-refractivity contribution in [2.24, 2.45) is 0 Å². The van der Waals surface area contributed by atoms with Crippen LogP contribution in [-0.4, -0.2) is 44.1 Å². The second-order valence-corrected chi connectivity index (χ2v) is 8.47. The molecule has 0 unspecified atom stereocenters. The number of nitrogen functional groups attached to an aromatic ring is 1. The maximum absolute atomic E-state index is 12.8. The molecule has 2 N–H and O–H groups in total. The molecular formula is C19H19F2N5O2S2. The van der Waals surface area contributed by atoms with Crippen LogP contribution in [0.15, 0.2) is 46.2 Å². The van der Waals surface area contributed by atoms with Gasteiger partial charge in [-0.3, -0.25) is 4.79 Å². The van der Waals surface area contributed by atoms with Gasteiger partial charge >= 0.3 is 6.61 Å². The van der Waals surface area contributed by atoms with E-state index >= 15 is 0 Å². The molecule has 1 aliphatic carbocycles. The predicted molar refractivity (Wildman–Crippen MR) is 111 cm³/mol. The second kappa shape index (κ2) is 9.00. The van der Waals surface area contributed by atoms with Crippen LogP contribution in [0.4, 0.5) is 8.78 Å². The van der Waals surface area contributed by atoms with Crippen LogP contribution < -0.4 is 10.6 Å². The number of carbonyl (C=O) groups excluding carboxylic acids is 1. The Morgan fingerprint density at radius 1 is 1.30 bits per heavy atom. The van der Waals surface area contributed by atoms with Crippen LogP contribution in [0, 0.1) is 0 Å². The number of ether oxygens (including phenoxy) is 1. The number of thiophene rings is 1. The van der Waals surface area contributed by atoms with E-state index in [0.29, 0.717) is 29.1 Å². The highest BCUT2D eigenvalue weighted by Crippen LogP contribution is 2.30. The van der Waals surface area contributed by atoms with E-state index in [4.69, 9.17) is 5.84 Å². The molecule has 2 aromatic heterocycles. The summed E-state index contributed by atoms with van der Waals surface area (Å²) in [5, 5.41) is 12.6. The molecule has 2 heterocycles. The van der Waals surface area contributed by atoms with Gasteiger partial charge in [-0.25, -0.2) is 4.68 Å². The molecule has 1 aromatic carbocycles. The topological polar surface area (TPSA) is 86.3 Å². The van der Waals surface area contributed by atoms with Crippen molar-refractivity contribution in [2.45, 2.75) is 37.2 Å². The van der Waals surface area contributed by atoms with E-state index in [2.05, 4.69) is 20.3 Å². The molecule has 0 spiro atoms. The Labute approximate surface area is 179 Å². The van der Waals surface area contributed by atoms with Crippen LogP contribution in [0.2, 0.25) is 0 Å². The van der Waals surface area contributed by atoms with Gasteiger partial charge in [0.25, 0.3) is 0 Å². The molecule has 7 nitrogen and oxygen atoms in total. The summed E-state index contributed by atoms with van der Waals surface area (Å²) in [5.74, 6) is 6.74. The van der Waals surface area contributed by atoms with Crippen molar-refractivity contribution in [1.29, 1.82) is 0 Å². The number of hydrogen-bond donors (Lipinski definition) is 1. The summed E-state index contributed by atoms with van der Waals surface area (Å²) in [5.41, 5.74) is 1.73. The third-order valence-corrected chi connectivity index (χ3v) is 6.23. The van der Waals surface area contributed by atoms with Crippen LogP contribution in [0.1, 0.15) is 18.4 Å². The second-order valence-electron chi connectivity index (χ2n) is 6.75. The molecule has 158 valence electrons. The lowest BCUT2D eigenvalue weighted by atomic mass is 10.2. The van der Waals surface area contributed by atoms with Crippen molar-refractivity contribution < 1.29 is 18.3 Å². The van der Waals surface area contributed by atoms with Crippen LogP contribution in [0.5, 0.6) is 5.75 Å². The summed E-state index contributed by atoms with van der Waals surface area (Å²) in [6.07, 6.45) is 2.06. The van der Waals surface area contributed by atoms with Crippen molar-refractivity contribution in [2.75, 3.05) is 11.6 Å².